The number of para-hydroxylation sites is 1. The van der Waals surface area contributed by atoms with Crippen LogP contribution in [-0.4, -0.2) is 20.1 Å². The standard InChI is InChI=1S/C24H26N4O2/c1-5-17-9-7-8-16(4)22(17)26-23(29)19(6-2)28-24(30)21-13-18-12-15(3)10-11-20(18)27(21)14-25-28/h7-14,19H,5-6H2,1-4H3,(H,26,29). The Kier molecular flexibility index (Phi) is 5.16. The first-order valence-corrected chi connectivity index (χ1v) is 10.3. The lowest BCUT2D eigenvalue weighted by Gasteiger charge is -2.19. The Morgan fingerprint density at radius 1 is 1.10 bits per heavy atom. The molecular weight excluding hydrogens is 376 g/mol. The predicted octanol–water partition coefficient (Wildman–Crippen LogP) is 4.42. The van der Waals surface area contributed by atoms with E-state index < -0.39 is 6.04 Å². The van der Waals surface area contributed by atoms with Gasteiger partial charge in [0, 0.05) is 11.1 Å². The third-order valence-corrected chi connectivity index (χ3v) is 5.69. The third-order valence-electron chi connectivity index (χ3n) is 5.69. The lowest BCUT2D eigenvalue weighted by Crippen LogP contribution is -2.35. The number of carbonyl (C=O) groups is 1. The van der Waals surface area contributed by atoms with Crippen LogP contribution in [-0.2, 0) is 11.2 Å². The molecule has 4 rings (SSSR count). The fraction of sp³-hybridized carbons (Fsp3) is 0.292. The summed E-state index contributed by atoms with van der Waals surface area (Å²) in [5.41, 5.74) is 5.20. The Bertz CT molecular complexity index is 1320. The minimum Gasteiger partial charge on any atom is -0.324 e. The monoisotopic (exact) mass is 402 g/mol. The van der Waals surface area contributed by atoms with E-state index in [1.165, 1.54) is 4.68 Å². The van der Waals surface area contributed by atoms with E-state index in [1.807, 2.05) is 63.2 Å². The van der Waals surface area contributed by atoms with E-state index in [4.69, 9.17) is 0 Å². The molecule has 1 N–H and O–H groups in total. The van der Waals surface area contributed by atoms with Gasteiger partial charge in [0.15, 0.2) is 0 Å². The van der Waals surface area contributed by atoms with Crippen molar-refractivity contribution in [1.82, 2.24) is 14.2 Å². The molecule has 2 heterocycles. The van der Waals surface area contributed by atoms with Gasteiger partial charge < -0.3 is 5.32 Å². The molecule has 154 valence electrons. The molecule has 0 radical (unpaired) electrons. The van der Waals surface area contributed by atoms with Crippen LogP contribution in [0.5, 0.6) is 0 Å². The largest absolute Gasteiger partial charge is 0.324 e. The van der Waals surface area contributed by atoms with Crippen LogP contribution in [0.15, 0.2) is 53.6 Å². The van der Waals surface area contributed by atoms with Crippen LogP contribution in [0.2, 0.25) is 0 Å². The molecule has 0 saturated heterocycles. The Hall–Kier alpha value is -3.41. The molecule has 0 fully saturated rings. The van der Waals surface area contributed by atoms with Gasteiger partial charge in [-0.15, -0.1) is 0 Å². The second-order valence-corrected chi connectivity index (χ2v) is 7.72. The van der Waals surface area contributed by atoms with E-state index in [0.717, 1.165) is 39.7 Å². The zero-order valence-corrected chi connectivity index (χ0v) is 17.8. The molecule has 2 aromatic carbocycles. The van der Waals surface area contributed by atoms with Gasteiger partial charge in [0.1, 0.15) is 17.9 Å². The van der Waals surface area contributed by atoms with Gasteiger partial charge >= 0.3 is 0 Å². The number of anilines is 1. The smallest absolute Gasteiger partial charge is 0.291 e. The molecule has 0 spiro atoms. The number of aryl methyl sites for hydroxylation is 3. The Morgan fingerprint density at radius 2 is 1.90 bits per heavy atom. The molecule has 1 amide bonds. The zero-order valence-electron chi connectivity index (χ0n) is 17.8. The maximum atomic E-state index is 13.2. The highest BCUT2D eigenvalue weighted by molar-refractivity contribution is 5.95. The summed E-state index contributed by atoms with van der Waals surface area (Å²) in [4.78, 5) is 26.4. The molecular formula is C24H26N4O2. The predicted molar refractivity (Wildman–Crippen MR) is 120 cm³/mol. The highest BCUT2D eigenvalue weighted by Gasteiger charge is 2.23. The number of hydrogen-bond acceptors (Lipinski definition) is 3. The van der Waals surface area contributed by atoms with E-state index in [1.54, 1.807) is 10.7 Å². The van der Waals surface area contributed by atoms with Crippen LogP contribution < -0.4 is 10.9 Å². The van der Waals surface area contributed by atoms with Crippen LogP contribution in [0.25, 0.3) is 16.4 Å². The number of nitrogens with zero attached hydrogens (tertiary/aromatic N) is 3. The first-order valence-electron chi connectivity index (χ1n) is 10.3. The molecule has 0 aliphatic heterocycles. The minimum atomic E-state index is -0.688. The van der Waals surface area contributed by atoms with Gasteiger partial charge in [0.05, 0.1) is 5.52 Å². The highest BCUT2D eigenvalue weighted by Crippen LogP contribution is 2.24. The van der Waals surface area contributed by atoms with Crippen LogP contribution in [0, 0.1) is 13.8 Å². The Labute approximate surface area is 175 Å². The van der Waals surface area contributed by atoms with Crippen molar-refractivity contribution in [2.45, 2.75) is 46.6 Å². The number of aromatic nitrogens is 3. The maximum Gasteiger partial charge on any atom is 0.291 e. The van der Waals surface area contributed by atoms with E-state index in [-0.39, 0.29) is 11.5 Å². The summed E-state index contributed by atoms with van der Waals surface area (Å²) < 4.78 is 3.09. The Balaban J connectivity index is 1.76. The van der Waals surface area contributed by atoms with Gasteiger partial charge in [-0.1, -0.05) is 43.7 Å². The number of carbonyl (C=O) groups excluding carboxylic acids is 1. The fourth-order valence-electron chi connectivity index (χ4n) is 4.02. The summed E-state index contributed by atoms with van der Waals surface area (Å²) >= 11 is 0. The zero-order chi connectivity index (χ0) is 21.4. The topological polar surface area (TPSA) is 68.4 Å². The third kappa shape index (κ3) is 3.28. The average molecular weight is 402 g/mol. The molecule has 6 nitrogen and oxygen atoms in total. The molecule has 6 heteroatoms. The molecule has 1 atom stereocenters. The highest BCUT2D eigenvalue weighted by atomic mass is 16.2. The van der Waals surface area contributed by atoms with Crippen molar-refractivity contribution < 1.29 is 4.79 Å². The van der Waals surface area contributed by atoms with Gasteiger partial charge in [-0.3, -0.25) is 14.0 Å². The van der Waals surface area contributed by atoms with Gasteiger partial charge in [-0.05, 0) is 56.0 Å². The lowest BCUT2D eigenvalue weighted by atomic mass is 10.1. The maximum absolute atomic E-state index is 13.2. The van der Waals surface area contributed by atoms with E-state index in [9.17, 15) is 9.59 Å². The summed E-state index contributed by atoms with van der Waals surface area (Å²) in [6, 6.07) is 13.2. The molecule has 30 heavy (non-hydrogen) atoms. The Morgan fingerprint density at radius 3 is 2.63 bits per heavy atom. The van der Waals surface area contributed by atoms with Crippen LogP contribution >= 0.6 is 0 Å². The van der Waals surface area contributed by atoms with E-state index in [2.05, 4.69) is 17.3 Å². The number of nitrogens with one attached hydrogen (secondary N) is 1. The number of benzene rings is 2. The van der Waals surface area contributed by atoms with Gasteiger partial charge in [0.25, 0.3) is 5.56 Å². The summed E-state index contributed by atoms with van der Waals surface area (Å²) in [6.07, 6.45) is 2.89. The minimum absolute atomic E-state index is 0.229. The van der Waals surface area contributed by atoms with Gasteiger partial charge in [0.2, 0.25) is 5.91 Å². The molecule has 0 bridgehead atoms. The molecule has 1 unspecified atom stereocenters. The van der Waals surface area contributed by atoms with E-state index in [0.29, 0.717) is 11.9 Å². The fourth-order valence-corrected chi connectivity index (χ4v) is 4.02. The average Bonchev–Trinajstić information content (AvgIpc) is 3.10. The van der Waals surface area contributed by atoms with Crippen molar-refractivity contribution in [2.75, 3.05) is 5.32 Å². The molecule has 0 saturated carbocycles. The summed E-state index contributed by atoms with van der Waals surface area (Å²) in [7, 11) is 0. The normalized spacial score (nSPS) is 12.4. The lowest BCUT2D eigenvalue weighted by molar-refractivity contribution is -0.119. The molecule has 0 aliphatic rings. The van der Waals surface area contributed by atoms with Crippen molar-refractivity contribution >= 4 is 28.0 Å². The quantitative estimate of drug-likeness (QED) is 0.537. The number of rotatable bonds is 5. The number of fused-ring (bicyclic) bond motifs is 3. The molecule has 2 aromatic heterocycles. The molecule has 0 aliphatic carbocycles. The van der Waals surface area contributed by atoms with Crippen LogP contribution in [0.1, 0.15) is 43.0 Å². The number of amides is 1. The summed E-state index contributed by atoms with van der Waals surface area (Å²) in [6.45, 7) is 7.94. The van der Waals surface area contributed by atoms with Crippen molar-refractivity contribution in [1.29, 1.82) is 0 Å². The SMILES string of the molecule is CCc1cccc(C)c1NC(=O)C(CC)n1ncn2c(cc3cc(C)ccc32)c1=O. The van der Waals surface area contributed by atoms with Crippen molar-refractivity contribution in [3.63, 3.8) is 0 Å². The van der Waals surface area contributed by atoms with Crippen LogP contribution in [0.4, 0.5) is 5.69 Å². The second kappa shape index (κ2) is 7.78. The summed E-state index contributed by atoms with van der Waals surface area (Å²) in [5, 5.41) is 8.38. The van der Waals surface area contributed by atoms with Crippen LogP contribution in [0.3, 0.4) is 0 Å². The second-order valence-electron chi connectivity index (χ2n) is 7.72. The van der Waals surface area contributed by atoms with E-state index >= 15 is 0 Å². The summed E-state index contributed by atoms with van der Waals surface area (Å²) in [5.74, 6) is -0.229. The van der Waals surface area contributed by atoms with Gasteiger partial charge in [-0.2, -0.15) is 5.10 Å². The van der Waals surface area contributed by atoms with Crippen molar-refractivity contribution in [3.05, 3.63) is 75.8 Å². The van der Waals surface area contributed by atoms with Crippen molar-refractivity contribution in [2.24, 2.45) is 0 Å². The first kappa shape index (κ1) is 19.9. The first-order chi connectivity index (χ1) is 14.4. The number of hydrogen-bond donors (Lipinski definition) is 1. The van der Waals surface area contributed by atoms with Gasteiger partial charge in [-0.25, -0.2) is 4.68 Å². The molecule has 4 aromatic rings. The van der Waals surface area contributed by atoms with Crippen molar-refractivity contribution in [3.8, 4) is 0 Å².